The van der Waals surface area contributed by atoms with E-state index in [4.69, 9.17) is 4.74 Å². The average Bonchev–Trinajstić information content (AvgIpc) is 2.40. The summed E-state index contributed by atoms with van der Waals surface area (Å²) >= 11 is 2.62. The van der Waals surface area contributed by atoms with Crippen LogP contribution in [0.3, 0.4) is 0 Å². The molecule has 1 N–H and O–H groups in total. The Morgan fingerprint density at radius 2 is 2.00 bits per heavy atom. The number of rotatable bonds is 9. The summed E-state index contributed by atoms with van der Waals surface area (Å²) in [6.07, 6.45) is 9.59. The van der Waals surface area contributed by atoms with Crippen LogP contribution in [0.25, 0.3) is 0 Å². The smallest absolute Gasteiger partial charge is 0.155 e. The summed E-state index contributed by atoms with van der Waals surface area (Å²) in [5.74, 6) is 2.07. The Labute approximate surface area is 164 Å². The molecule has 0 spiro atoms. The number of ether oxygens (including phenoxy) is 1. The Morgan fingerprint density at radius 1 is 1.33 bits per heavy atom. The largest absolute Gasteiger partial charge is 0.368 e. The normalized spacial score (nSPS) is 27.6. The molecule has 1 fully saturated rings. The van der Waals surface area contributed by atoms with Crippen molar-refractivity contribution in [2.45, 2.75) is 102 Å². The first-order chi connectivity index (χ1) is 11.1. The van der Waals surface area contributed by atoms with Crippen LogP contribution in [0.2, 0.25) is 0 Å². The predicted octanol–water partition coefficient (Wildman–Crippen LogP) is 6.50. The molecule has 3 heteroatoms. The van der Waals surface area contributed by atoms with E-state index in [1.54, 1.807) is 0 Å². The number of halogens is 1. The van der Waals surface area contributed by atoms with Gasteiger partial charge in [0, 0.05) is 10.3 Å². The van der Waals surface area contributed by atoms with E-state index in [9.17, 15) is 5.11 Å². The maximum Gasteiger partial charge on any atom is 0.155 e. The highest BCUT2D eigenvalue weighted by Crippen LogP contribution is 2.39. The number of hydrogen-bond acceptors (Lipinski definition) is 2. The number of alkyl halides is 1. The van der Waals surface area contributed by atoms with Gasteiger partial charge in [0.2, 0.25) is 0 Å². The summed E-state index contributed by atoms with van der Waals surface area (Å²) < 4.78 is 6.80. The fourth-order valence-electron chi connectivity index (χ4n) is 3.82. The van der Waals surface area contributed by atoms with Crippen molar-refractivity contribution in [3.63, 3.8) is 0 Å². The highest BCUT2D eigenvalue weighted by molar-refractivity contribution is 14.1. The maximum absolute atomic E-state index is 10.4. The molecular formula is C21H39IO2. The standard InChI is InChI=1S/C21H39IO2/c1-15(2)8-7-9-16(3)13-20(23)24-21(5,6)14-18-11-10-17(4)12-19(18)22/h8,16-20,23H,7,9-14H2,1-6H3/t16-,17-,18?,19+,20?/m1/s1. The number of allylic oxidation sites excluding steroid dienone is 2. The minimum atomic E-state index is -0.642. The molecule has 0 saturated heterocycles. The van der Waals surface area contributed by atoms with E-state index in [-0.39, 0.29) is 5.60 Å². The Bertz CT molecular complexity index is 387. The van der Waals surface area contributed by atoms with E-state index in [1.165, 1.54) is 24.8 Å². The maximum atomic E-state index is 10.4. The molecule has 0 aliphatic heterocycles. The molecule has 1 aliphatic carbocycles. The molecule has 0 heterocycles. The van der Waals surface area contributed by atoms with Gasteiger partial charge in [-0.25, -0.2) is 0 Å². The van der Waals surface area contributed by atoms with Crippen LogP contribution in [0.1, 0.15) is 86.5 Å². The summed E-state index contributed by atoms with van der Waals surface area (Å²) in [4.78, 5) is 0. The third kappa shape index (κ3) is 9.19. The van der Waals surface area contributed by atoms with E-state index in [0.29, 0.717) is 5.92 Å². The second-order valence-electron chi connectivity index (χ2n) is 8.93. The molecule has 5 atom stereocenters. The fraction of sp³-hybridized carbons (Fsp3) is 0.905. The van der Waals surface area contributed by atoms with Crippen molar-refractivity contribution in [1.29, 1.82) is 0 Å². The Kier molecular flexibility index (Phi) is 9.83. The van der Waals surface area contributed by atoms with Gasteiger partial charge in [-0.15, -0.1) is 0 Å². The monoisotopic (exact) mass is 450 g/mol. The highest BCUT2D eigenvalue weighted by atomic mass is 127. The third-order valence-corrected chi connectivity index (χ3v) is 6.72. The van der Waals surface area contributed by atoms with Crippen LogP contribution in [-0.4, -0.2) is 20.9 Å². The first kappa shape index (κ1) is 22.4. The van der Waals surface area contributed by atoms with Gasteiger partial charge < -0.3 is 9.84 Å². The second-order valence-corrected chi connectivity index (χ2v) is 10.5. The van der Waals surface area contributed by atoms with Crippen LogP contribution in [-0.2, 0) is 4.74 Å². The average molecular weight is 450 g/mol. The molecule has 0 aromatic heterocycles. The topological polar surface area (TPSA) is 29.5 Å². The lowest BCUT2D eigenvalue weighted by molar-refractivity contribution is -0.186. The van der Waals surface area contributed by atoms with Crippen LogP contribution >= 0.6 is 22.6 Å². The zero-order valence-electron chi connectivity index (χ0n) is 16.6. The lowest BCUT2D eigenvalue weighted by Gasteiger charge is -2.38. The van der Waals surface area contributed by atoms with E-state index < -0.39 is 6.29 Å². The van der Waals surface area contributed by atoms with Crippen LogP contribution < -0.4 is 0 Å². The minimum absolute atomic E-state index is 0.242. The van der Waals surface area contributed by atoms with Crippen molar-refractivity contribution in [3.8, 4) is 0 Å². The van der Waals surface area contributed by atoms with Crippen molar-refractivity contribution in [1.82, 2.24) is 0 Å². The van der Waals surface area contributed by atoms with Gasteiger partial charge in [0.05, 0.1) is 5.60 Å². The van der Waals surface area contributed by atoms with Crippen LogP contribution in [0, 0.1) is 17.8 Å². The van der Waals surface area contributed by atoms with Crippen molar-refractivity contribution in [2.24, 2.45) is 17.8 Å². The molecule has 24 heavy (non-hydrogen) atoms. The Hall–Kier alpha value is 0.390. The zero-order valence-corrected chi connectivity index (χ0v) is 18.8. The second kappa shape index (κ2) is 10.5. The van der Waals surface area contributed by atoms with Gasteiger partial charge >= 0.3 is 0 Å². The van der Waals surface area contributed by atoms with Gasteiger partial charge in [0.25, 0.3) is 0 Å². The molecule has 0 bridgehead atoms. The van der Waals surface area contributed by atoms with Crippen molar-refractivity contribution in [2.75, 3.05) is 0 Å². The Morgan fingerprint density at radius 3 is 2.58 bits per heavy atom. The van der Waals surface area contributed by atoms with Crippen molar-refractivity contribution >= 4 is 22.6 Å². The molecule has 1 rings (SSSR count). The van der Waals surface area contributed by atoms with E-state index in [0.717, 1.165) is 41.4 Å². The van der Waals surface area contributed by atoms with Crippen LogP contribution in [0.15, 0.2) is 11.6 Å². The number of aliphatic hydroxyl groups excluding tert-OH is 1. The quantitative estimate of drug-likeness (QED) is 0.188. The molecule has 142 valence electrons. The van der Waals surface area contributed by atoms with Crippen LogP contribution in [0.5, 0.6) is 0 Å². The molecule has 2 unspecified atom stereocenters. The van der Waals surface area contributed by atoms with Gasteiger partial charge in [-0.05, 0) is 77.6 Å². The molecule has 0 aromatic rings. The van der Waals surface area contributed by atoms with E-state index in [2.05, 4.69) is 70.2 Å². The van der Waals surface area contributed by atoms with Gasteiger partial charge in [0.1, 0.15) is 0 Å². The van der Waals surface area contributed by atoms with Gasteiger partial charge in [-0.2, -0.15) is 0 Å². The van der Waals surface area contributed by atoms with Gasteiger partial charge in [0.15, 0.2) is 6.29 Å². The summed E-state index contributed by atoms with van der Waals surface area (Å²) in [7, 11) is 0. The molecule has 1 saturated carbocycles. The minimum Gasteiger partial charge on any atom is -0.368 e. The number of hydrogen-bond donors (Lipinski definition) is 1. The first-order valence-electron chi connectivity index (χ1n) is 9.72. The van der Waals surface area contributed by atoms with E-state index >= 15 is 0 Å². The summed E-state index contributed by atoms with van der Waals surface area (Å²) in [5, 5.41) is 10.4. The summed E-state index contributed by atoms with van der Waals surface area (Å²) in [6, 6.07) is 0. The fourth-order valence-corrected chi connectivity index (χ4v) is 5.30. The predicted molar refractivity (Wildman–Crippen MR) is 113 cm³/mol. The molecule has 1 aliphatic rings. The molecular weight excluding hydrogens is 411 g/mol. The lowest BCUT2D eigenvalue weighted by atomic mass is 9.78. The zero-order chi connectivity index (χ0) is 18.3. The molecule has 2 nitrogen and oxygen atoms in total. The van der Waals surface area contributed by atoms with Crippen molar-refractivity contribution < 1.29 is 9.84 Å². The Balaban J connectivity index is 2.38. The highest BCUT2D eigenvalue weighted by Gasteiger charge is 2.33. The van der Waals surface area contributed by atoms with E-state index in [1.807, 2.05) is 0 Å². The summed E-state index contributed by atoms with van der Waals surface area (Å²) in [6.45, 7) is 13.1. The van der Waals surface area contributed by atoms with Crippen molar-refractivity contribution in [3.05, 3.63) is 11.6 Å². The molecule has 0 radical (unpaired) electrons. The number of aliphatic hydroxyl groups is 1. The molecule has 0 aromatic carbocycles. The SMILES string of the molecule is CC(C)=CCC[C@@H](C)CC(O)OC(C)(C)CC1CC[C@@H](C)C[C@@H]1I. The first-order valence-corrected chi connectivity index (χ1v) is 11.0. The van der Waals surface area contributed by atoms with Crippen LogP contribution in [0.4, 0.5) is 0 Å². The molecule has 0 amide bonds. The van der Waals surface area contributed by atoms with Gasteiger partial charge in [-0.3, -0.25) is 0 Å². The lowest BCUT2D eigenvalue weighted by Crippen LogP contribution is -2.37. The third-order valence-electron chi connectivity index (χ3n) is 5.19. The summed E-state index contributed by atoms with van der Waals surface area (Å²) in [5.41, 5.74) is 1.13. The van der Waals surface area contributed by atoms with Gasteiger partial charge in [-0.1, -0.05) is 54.5 Å².